The van der Waals surface area contributed by atoms with Crippen molar-refractivity contribution in [3.8, 4) is 5.75 Å². The molecule has 1 fully saturated rings. The largest absolute Gasteiger partial charge is 0.488 e. The lowest BCUT2D eigenvalue weighted by Gasteiger charge is -2.23. The fourth-order valence-electron chi connectivity index (χ4n) is 2.60. The van der Waals surface area contributed by atoms with Crippen LogP contribution in [0.25, 0.3) is 10.9 Å². The molecule has 0 aliphatic carbocycles. The van der Waals surface area contributed by atoms with Crippen LogP contribution in [0.4, 0.5) is 5.82 Å². The molecule has 136 valence electrons. The van der Waals surface area contributed by atoms with Crippen LogP contribution in [0.15, 0.2) is 29.1 Å². The Labute approximate surface area is 153 Å². The summed E-state index contributed by atoms with van der Waals surface area (Å²) in [6.07, 6.45) is 1.16. The number of nitrogens with one attached hydrogen (secondary N) is 1. The molecule has 0 spiro atoms. The maximum Gasteiger partial charge on any atom is 0.225 e. The first-order chi connectivity index (χ1) is 12.8. The van der Waals surface area contributed by atoms with Crippen molar-refractivity contribution in [2.75, 3.05) is 31.7 Å². The minimum Gasteiger partial charge on any atom is -0.488 e. The quantitative estimate of drug-likeness (QED) is 0.646. The van der Waals surface area contributed by atoms with Crippen LogP contribution in [-0.4, -0.2) is 52.6 Å². The molecule has 1 saturated heterocycles. The van der Waals surface area contributed by atoms with Crippen LogP contribution < -0.4 is 10.1 Å². The van der Waals surface area contributed by atoms with Crippen LogP contribution in [0.2, 0.25) is 5.28 Å². The molecule has 0 saturated carbocycles. The second-order valence-corrected chi connectivity index (χ2v) is 5.91. The molecule has 3 heterocycles. The van der Waals surface area contributed by atoms with Crippen molar-refractivity contribution in [3.63, 3.8) is 0 Å². The number of hydrogen-bond acceptors (Lipinski definition) is 9. The zero-order chi connectivity index (χ0) is 17.8. The Kier molecular flexibility index (Phi) is 5.09. The van der Waals surface area contributed by atoms with E-state index in [0.29, 0.717) is 55.9 Å². The summed E-state index contributed by atoms with van der Waals surface area (Å²) in [5.41, 5.74) is 0.611. The van der Waals surface area contributed by atoms with Crippen LogP contribution in [0.3, 0.4) is 0 Å². The molecule has 1 unspecified atom stereocenters. The zero-order valence-electron chi connectivity index (χ0n) is 13.7. The summed E-state index contributed by atoms with van der Waals surface area (Å²) in [5.74, 6) is 1.67. The monoisotopic (exact) mass is 377 g/mol. The lowest BCUT2D eigenvalue weighted by molar-refractivity contribution is -0.101. The van der Waals surface area contributed by atoms with Gasteiger partial charge in [0.05, 0.1) is 26.4 Å². The first-order valence-electron chi connectivity index (χ1n) is 8.07. The molecule has 3 aromatic rings. The summed E-state index contributed by atoms with van der Waals surface area (Å²) in [4.78, 5) is 12.5. The van der Waals surface area contributed by atoms with Gasteiger partial charge in [-0.3, -0.25) is 0 Å². The highest BCUT2D eigenvalue weighted by atomic mass is 35.5. The molecule has 0 amide bonds. The average Bonchev–Trinajstić information content (AvgIpc) is 3.19. The minimum absolute atomic E-state index is 0.104. The number of nitrogens with zero attached hydrogens (tertiary/aromatic N) is 4. The van der Waals surface area contributed by atoms with Crippen LogP contribution >= 0.6 is 11.6 Å². The Balaban J connectivity index is 1.56. The molecule has 1 N–H and O–H groups in total. The minimum atomic E-state index is -0.104. The summed E-state index contributed by atoms with van der Waals surface area (Å²) in [6, 6.07) is 5.59. The van der Waals surface area contributed by atoms with Gasteiger partial charge in [0.2, 0.25) is 11.7 Å². The maximum atomic E-state index is 6.09. The van der Waals surface area contributed by atoms with Crippen LogP contribution in [0.5, 0.6) is 5.75 Å². The fraction of sp³-hybridized carbons (Fsp3) is 0.375. The van der Waals surface area contributed by atoms with Gasteiger partial charge in [-0.1, -0.05) is 11.2 Å². The van der Waals surface area contributed by atoms with E-state index < -0.39 is 0 Å². The Hall–Kier alpha value is -2.49. The Morgan fingerprint density at radius 3 is 3.04 bits per heavy atom. The Bertz CT molecular complexity index is 870. The molecule has 10 heteroatoms. The summed E-state index contributed by atoms with van der Waals surface area (Å²) in [5, 5.41) is 7.79. The molecule has 1 aliphatic heterocycles. The molecule has 1 aromatic carbocycles. The van der Waals surface area contributed by atoms with Gasteiger partial charge in [-0.2, -0.15) is 4.98 Å². The number of anilines is 1. The highest BCUT2D eigenvalue weighted by molar-refractivity contribution is 6.29. The van der Waals surface area contributed by atoms with Crippen LogP contribution in [0, 0.1) is 0 Å². The number of halogens is 1. The average molecular weight is 378 g/mol. The molecule has 4 rings (SSSR count). The number of rotatable bonds is 6. The van der Waals surface area contributed by atoms with Gasteiger partial charge in [0, 0.05) is 5.39 Å². The molecule has 9 nitrogen and oxygen atoms in total. The van der Waals surface area contributed by atoms with Crippen molar-refractivity contribution >= 4 is 28.3 Å². The van der Waals surface area contributed by atoms with E-state index in [-0.39, 0.29) is 11.4 Å². The predicted octanol–water partition coefficient (Wildman–Crippen LogP) is 2.07. The summed E-state index contributed by atoms with van der Waals surface area (Å²) in [6.45, 7) is 2.41. The van der Waals surface area contributed by atoms with Gasteiger partial charge >= 0.3 is 0 Å². The number of fused-ring (bicyclic) bond motifs is 1. The molecular weight excluding hydrogens is 362 g/mol. The normalized spacial score (nSPS) is 17.3. The number of hydrogen-bond donors (Lipinski definition) is 1. The van der Waals surface area contributed by atoms with Gasteiger partial charge in [-0.15, -0.1) is 0 Å². The van der Waals surface area contributed by atoms with E-state index in [1.54, 1.807) is 0 Å². The van der Waals surface area contributed by atoms with Gasteiger partial charge in [0.25, 0.3) is 0 Å². The molecule has 1 atom stereocenters. The lowest BCUT2D eigenvalue weighted by Crippen LogP contribution is -2.33. The van der Waals surface area contributed by atoms with E-state index in [4.69, 9.17) is 30.3 Å². The van der Waals surface area contributed by atoms with Gasteiger partial charge in [0.15, 0.2) is 5.82 Å². The summed E-state index contributed by atoms with van der Waals surface area (Å²) >= 11 is 6.09. The molecule has 0 radical (unpaired) electrons. The Morgan fingerprint density at radius 1 is 1.27 bits per heavy atom. The van der Waals surface area contributed by atoms with Crippen LogP contribution in [-0.2, 0) is 16.0 Å². The first kappa shape index (κ1) is 17.0. The highest BCUT2D eigenvalue weighted by Gasteiger charge is 2.17. The van der Waals surface area contributed by atoms with E-state index in [0.717, 1.165) is 5.39 Å². The van der Waals surface area contributed by atoms with Crippen molar-refractivity contribution in [1.29, 1.82) is 0 Å². The van der Waals surface area contributed by atoms with Gasteiger partial charge < -0.3 is 24.1 Å². The molecule has 1 aliphatic rings. The number of aromatic nitrogens is 4. The fourth-order valence-corrected chi connectivity index (χ4v) is 2.77. The zero-order valence-corrected chi connectivity index (χ0v) is 14.5. The van der Waals surface area contributed by atoms with Gasteiger partial charge in [-0.05, 0) is 23.7 Å². The maximum absolute atomic E-state index is 6.09. The Morgan fingerprint density at radius 2 is 2.23 bits per heavy atom. The van der Waals surface area contributed by atoms with E-state index in [9.17, 15) is 0 Å². The first-order valence-corrected chi connectivity index (χ1v) is 8.45. The van der Waals surface area contributed by atoms with Crippen molar-refractivity contribution < 1.29 is 18.7 Å². The van der Waals surface area contributed by atoms with E-state index in [1.807, 2.05) is 18.2 Å². The number of ether oxygens (including phenoxy) is 3. The summed E-state index contributed by atoms with van der Waals surface area (Å²) < 4.78 is 21.6. The third kappa shape index (κ3) is 3.85. The SMILES string of the molecule is Clc1nc(NCc2ncon2)c2cccc(OCC3COCCO3)c2n1. The van der Waals surface area contributed by atoms with E-state index >= 15 is 0 Å². The van der Waals surface area contributed by atoms with Crippen molar-refractivity contribution in [3.05, 3.63) is 35.7 Å². The second kappa shape index (κ2) is 7.81. The lowest BCUT2D eigenvalue weighted by atomic mass is 10.2. The smallest absolute Gasteiger partial charge is 0.225 e. The van der Waals surface area contributed by atoms with Crippen molar-refractivity contribution in [1.82, 2.24) is 20.1 Å². The number of benzene rings is 1. The second-order valence-electron chi connectivity index (χ2n) is 5.57. The number of para-hydroxylation sites is 1. The van der Waals surface area contributed by atoms with Gasteiger partial charge in [0.1, 0.15) is 29.8 Å². The topological polar surface area (TPSA) is 104 Å². The summed E-state index contributed by atoms with van der Waals surface area (Å²) in [7, 11) is 0. The molecule has 0 bridgehead atoms. The standard InChI is InChI=1S/C16H16ClN5O4/c17-16-20-14-11(15(21-16)18-6-13-19-9-26-22-13)2-1-3-12(14)25-8-10-7-23-4-5-24-10/h1-3,9-10H,4-8H2,(H,18,20,21). The molecule has 26 heavy (non-hydrogen) atoms. The van der Waals surface area contributed by atoms with Gasteiger partial charge in [-0.25, -0.2) is 9.97 Å². The third-order valence-electron chi connectivity index (χ3n) is 3.79. The van der Waals surface area contributed by atoms with E-state index in [2.05, 4.69) is 25.4 Å². The predicted molar refractivity (Wildman–Crippen MR) is 92.2 cm³/mol. The van der Waals surface area contributed by atoms with Crippen LogP contribution in [0.1, 0.15) is 5.82 Å². The highest BCUT2D eigenvalue weighted by Crippen LogP contribution is 2.30. The van der Waals surface area contributed by atoms with Crippen molar-refractivity contribution in [2.24, 2.45) is 0 Å². The third-order valence-corrected chi connectivity index (χ3v) is 3.96. The van der Waals surface area contributed by atoms with E-state index in [1.165, 1.54) is 6.39 Å². The molecule has 2 aromatic heterocycles. The van der Waals surface area contributed by atoms with Crippen molar-refractivity contribution in [2.45, 2.75) is 12.6 Å². The molecular formula is C16H16ClN5O4.